The summed E-state index contributed by atoms with van der Waals surface area (Å²) < 4.78 is 42.0. The lowest BCUT2D eigenvalue weighted by Gasteiger charge is -2.41. The normalized spacial score (nSPS) is 17.6. The fourth-order valence-electron chi connectivity index (χ4n) is 4.47. The van der Waals surface area contributed by atoms with Gasteiger partial charge in [-0.05, 0) is 32.9 Å². The van der Waals surface area contributed by atoms with Gasteiger partial charge in [-0.15, -0.1) is 0 Å². The third-order valence-electron chi connectivity index (χ3n) is 5.97. The summed E-state index contributed by atoms with van der Waals surface area (Å²) in [5.74, 6) is -2.02. The smallest absolute Gasteiger partial charge is 0.410 e. The van der Waals surface area contributed by atoms with Gasteiger partial charge in [-0.2, -0.15) is 0 Å². The van der Waals surface area contributed by atoms with Crippen molar-refractivity contribution in [1.82, 2.24) is 14.9 Å². The molecule has 3 aromatic rings. The Morgan fingerprint density at radius 1 is 1.23 bits per heavy atom. The number of aromatic nitrogens is 2. The lowest BCUT2D eigenvalue weighted by molar-refractivity contribution is 0.0201. The van der Waals surface area contributed by atoms with Gasteiger partial charge in [0.1, 0.15) is 35.9 Å². The van der Waals surface area contributed by atoms with Crippen molar-refractivity contribution in [2.24, 2.45) is 0 Å². The SMILES string of the molecule is CC(C)(C)OC(=O)N1CCN2c3ncnc4c(Cl)c(-c5c(O)cccc5F)c(F)c(c34)OC[C@@H]2C1. The number of amides is 1. The maximum atomic E-state index is 15.9. The summed E-state index contributed by atoms with van der Waals surface area (Å²) in [5, 5.41) is 10.4. The number of anilines is 1. The molecule has 8 nitrogen and oxygen atoms in total. The molecule has 1 saturated heterocycles. The summed E-state index contributed by atoms with van der Waals surface area (Å²) in [7, 11) is 0. The molecule has 0 unspecified atom stereocenters. The third-order valence-corrected chi connectivity index (χ3v) is 6.34. The Morgan fingerprint density at radius 2 is 2.00 bits per heavy atom. The van der Waals surface area contributed by atoms with Crippen molar-refractivity contribution >= 4 is 34.4 Å². The molecule has 11 heteroatoms. The topological polar surface area (TPSA) is 88.0 Å². The van der Waals surface area contributed by atoms with Crippen LogP contribution >= 0.6 is 11.6 Å². The molecule has 1 fully saturated rings. The van der Waals surface area contributed by atoms with Crippen LogP contribution in [-0.2, 0) is 4.74 Å². The maximum absolute atomic E-state index is 15.9. The molecule has 0 radical (unpaired) electrons. The number of phenols is 1. The van der Waals surface area contributed by atoms with E-state index in [9.17, 15) is 14.3 Å². The van der Waals surface area contributed by atoms with Gasteiger partial charge in [0.05, 0.1) is 27.5 Å². The van der Waals surface area contributed by atoms with E-state index in [0.29, 0.717) is 18.9 Å². The van der Waals surface area contributed by atoms with Gasteiger partial charge in [-0.25, -0.2) is 23.5 Å². The Morgan fingerprint density at radius 3 is 2.71 bits per heavy atom. The van der Waals surface area contributed by atoms with E-state index in [-0.39, 0.29) is 52.0 Å². The fourth-order valence-corrected chi connectivity index (χ4v) is 4.79. The molecule has 1 amide bonds. The van der Waals surface area contributed by atoms with Crippen LogP contribution in [0.1, 0.15) is 20.8 Å². The van der Waals surface area contributed by atoms with Crippen molar-refractivity contribution in [3.63, 3.8) is 0 Å². The third kappa shape index (κ3) is 3.95. The van der Waals surface area contributed by atoms with Crippen LogP contribution in [0.25, 0.3) is 22.0 Å². The summed E-state index contributed by atoms with van der Waals surface area (Å²) in [6.45, 7) is 6.43. The number of carbonyl (C=O) groups excluding carboxylic acids is 1. The van der Waals surface area contributed by atoms with Crippen LogP contribution in [0.4, 0.5) is 19.4 Å². The molecule has 2 aromatic carbocycles. The van der Waals surface area contributed by atoms with Crippen molar-refractivity contribution in [2.45, 2.75) is 32.4 Å². The second kappa shape index (κ2) is 8.37. The van der Waals surface area contributed by atoms with Crippen molar-refractivity contribution in [3.8, 4) is 22.6 Å². The standard InChI is InChI=1S/C24H23ClF2N4O4/c1-24(2,3)35-23(33)30-7-8-31-12(9-30)10-34-21-17-20(28-11-29-22(17)31)18(25)16(19(21)27)15-13(26)5-4-6-14(15)32/h4-6,11-12,32H,7-10H2,1-3H3/t12-/m0/s1. The zero-order valence-electron chi connectivity index (χ0n) is 19.3. The van der Waals surface area contributed by atoms with E-state index in [0.717, 1.165) is 6.07 Å². The summed E-state index contributed by atoms with van der Waals surface area (Å²) in [5.41, 5.74) is -1.20. The molecule has 1 atom stereocenters. The lowest BCUT2D eigenvalue weighted by Crippen LogP contribution is -2.57. The molecule has 0 aliphatic carbocycles. The molecule has 184 valence electrons. The van der Waals surface area contributed by atoms with Crippen LogP contribution in [0.2, 0.25) is 5.02 Å². The van der Waals surface area contributed by atoms with Gasteiger partial charge < -0.3 is 24.4 Å². The minimum Gasteiger partial charge on any atom is -0.507 e. The average molecular weight is 505 g/mol. The van der Waals surface area contributed by atoms with Gasteiger partial charge in [0.25, 0.3) is 0 Å². The molecule has 0 spiro atoms. The second-order valence-electron chi connectivity index (χ2n) is 9.47. The minimum atomic E-state index is -0.928. The van der Waals surface area contributed by atoms with Crippen molar-refractivity contribution in [2.75, 3.05) is 31.1 Å². The number of phenolic OH excluding ortho intramolecular Hbond substituents is 1. The Balaban J connectivity index is 1.60. The summed E-state index contributed by atoms with van der Waals surface area (Å²) >= 11 is 6.55. The number of nitrogens with zero attached hydrogens (tertiary/aromatic N) is 4. The molecular weight excluding hydrogens is 482 g/mol. The van der Waals surface area contributed by atoms with Crippen molar-refractivity contribution < 1.29 is 28.2 Å². The molecule has 1 aromatic heterocycles. The number of carbonyl (C=O) groups is 1. The second-order valence-corrected chi connectivity index (χ2v) is 9.85. The first-order valence-corrected chi connectivity index (χ1v) is 11.5. The Hall–Kier alpha value is -3.40. The zero-order chi connectivity index (χ0) is 25.1. The number of hydrogen-bond donors (Lipinski definition) is 1. The van der Waals surface area contributed by atoms with Gasteiger partial charge >= 0.3 is 6.09 Å². The molecule has 0 bridgehead atoms. The monoisotopic (exact) mass is 504 g/mol. The van der Waals surface area contributed by atoms with Crippen LogP contribution in [-0.4, -0.2) is 64.0 Å². The van der Waals surface area contributed by atoms with Crippen LogP contribution in [0.3, 0.4) is 0 Å². The number of rotatable bonds is 1. The van der Waals surface area contributed by atoms with Crippen molar-refractivity contribution in [1.29, 1.82) is 0 Å². The number of ether oxygens (including phenoxy) is 2. The largest absolute Gasteiger partial charge is 0.507 e. The van der Waals surface area contributed by atoms with Crippen molar-refractivity contribution in [3.05, 3.63) is 41.2 Å². The predicted octanol–water partition coefficient (Wildman–Crippen LogP) is 4.75. The zero-order valence-corrected chi connectivity index (χ0v) is 20.1. The molecule has 35 heavy (non-hydrogen) atoms. The summed E-state index contributed by atoms with van der Waals surface area (Å²) in [6.07, 6.45) is 0.844. The Bertz CT molecular complexity index is 1330. The predicted molar refractivity (Wildman–Crippen MR) is 126 cm³/mol. The lowest BCUT2D eigenvalue weighted by atomic mass is 10.00. The molecule has 2 aliphatic heterocycles. The highest BCUT2D eigenvalue weighted by atomic mass is 35.5. The molecule has 0 saturated carbocycles. The van der Waals surface area contributed by atoms with E-state index in [2.05, 4.69) is 9.97 Å². The quantitative estimate of drug-likeness (QED) is 0.511. The molecule has 1 N–H and O–H groups in total. The number of benzene rings is 2. The highest BCUT2D eigenvalue weighted by Gasteiger charge is 2.38. The minimum absolute atomic E-state index is 0.0198. The molecular formula is C24H23ClF2N4O4. The number of aromatic hydroxyl groups is 1. The Kier molecular flexibility index (Phi) is 5.58. The number of hydrogen-bond acceptors (Lipinski definition) is 7. The van der Waals surface area contributed by atoms with Gasteiger partial charge in [-0.3, -0.25) is 0 Å². The molecule has 3 heterocycles. The Labute approximate surface area is 205 Å². The molecule has 5 rings (SSSR count). The van der Waals surface area contributed by atoms with Crippen LogP contribution in [0.5, 0.6) is 11.5 Å². The van der Waals surface area contributed by atoms with Crippen LogP contribution in [0, 0.1) is 11.6 Å². The van der Waals surface area contributed by atoms with Crippen LogP contribution < -0.4 is 9.64 Å². The first-order chi connectivity index (χ1) is 16.6. The van der Waals surface area contributed by atoms with E-state index in [4.69, 9.17) is 21.1 Å². The highest BCUT2D eigenvalue weighted by Crippen LogP contribution is 2.48. The summed E-state index contributed by atoms with van der Waals surface area (Å²) in [4.78, 5) is 24.7. The molecule has 2 aliphatic rings. The summed E-state index contributed by atoms with van der Waals surface area (Å²) in [6, 6.07) is 3.30. The van der Waals surface area contributed by atoms with Gasteiger partial charge in [0.15, 0.2) is 11.6 Å². The first kappa shape index (κ1) is 23.3. The number of halogens is 3. The van der Waals surface area contributed by atoms with Gasteiger partial charge in [-0.1, -0.05) is 17.7 Å². The number of fused-ring (bicyclic) bond motifs is 2. The van der Waals surface area contributed by atoms with E-state index in [1.807, 2.05) is 4.90 Å². The maximum Gasteiger partial charge on any atom is 0.410 e. The van der Waals surface area contributed by atoms with E-state index < -0.39 is 29.1 Å². The van der Waals surface area contributed by atoms with E-state index >= 15 is 4.39 Å². The van der Waals surface area contributed by atoms with Gasteiger partial charge in [0.2, 0.25) is 0 Å². The van der Waals surface area contributed by atoms with Gasteiger partial charge in [0, 0.05) is 25.2 Å². The average Bonchev–Trinajstić information content (AvgIpc) is 2.95. The number of piperazine rings is 1. The first-order valence-electron chi connectivity index (χ1n) is 11.1. The van der Waals surface area contributed by atoms with E-state index in [1.165, 1.54) is 18.5 Å². The van der Waals surface area contributed by atoms with Crippen LogP contribution in [0.15, 0.2) is 24.5 Å². The highest BCUT2D eigenvalue weighted by molar-refractivity contribution is 6.38. The van der Waals surface area contributed by atoms with E-state index in [1.54, 1.807) is 25.7 Å². The fraction of sp³-hybridized carbons (Fsp3) is 0.375.